The molecule has 0 aliphatic rings. The quantitative estimate of drug-likeness (QED) is 0.219. The molecule has 0 spiro atoms. The van der Waals surface area contributed by atoms with Crippen molar-refractivity contribution in [3.8, 4) is 17.1 Å². The van der Waals surface area contributed by atoms with Gasteiger partial charge in [-0.05, 0) is 53.9 Å². The van der Waals surface area contributed by atoms with Gasteiger partial charge in [-0.25, -0.2) is 9.97 Å². The number of benzene rings is 4. The number of para-hydroxylation sites is 3. The summed E-state index contributed by atoms with van der Waals surface area (Å²) in [5, 5.41) is 5.90. The Hall–Kier alpha value is -5.55. The van der Waals surface area contributed by atoms with Crippen LogP contribution in [0.4, 0.5) is 0 Å². The molecule has 0 aliphatic carbocycles. The van der Waals surface area contributed by atoms with Crippen LogP contribution in [0, 0.1) is 0 Å². The van der Waals surface area contributed by atoms with E-state index in [-0.39, 0.29) is 0 Å². The summed E-state index contributed by atoms with van der Waals surface area (Å²) >= 11 is 0. The summed E-state index contributed by atoms with van der Waals surface area (Å²) in [5.74, 6) is 0.875. The first-order valence-electron chi connectivity index (χ1n) is 13.4. The molecule has 0 bridgehead atoms. The fourth-order valence-corrected chi connectivity index (χ4v) is 6.31. The predicted molar refractivity (Wildman–Crippen MR) is 163 cm³/mol. The summed E-state index contributed by atoms with van der Waals surface area (Å²) in [6.45, 7) is 0. The van der Waals surface area contributed by atoms with E-state index in [0.717, 1.165) is 55.7 Å². The second-order valence-electron chi connectivity index (χ2n) is 10.1. The molecule has 9 aromatic rings. The van der Waals surface area contributed by atoms with Gasteiger partial charge < -0.3 is 0 Å². The minimum atomic E-state index is 0.875. The molecule has 0 unspecified atom stereocenters. The van der Waals surface area contributed by atoms with E-state index in [1.165, 1.54) is 21.5 Å². The van der Waals surface area contributed by atoms with E-state index in [4.69, 9.17) is 9.97 Å². The van der Waals surface area contributed by atoms with E-state index in [9.17, 15) is 0 Å². The fraction of sp³-hybridized carbons (Fsp3) is 0. The summed E-state index contributed by atoms with van der Waals surface area (Å²) in [7, 11) is 0. The lowest BCUT2D eigenvalue weighted by atomic mass is 10.0. The average Bonchev–Trinajstić information content (AvgIpc) is 3.58. The van der Waals surface area contributed by atoms with Crippen molar-refractivity contribution in [2.24, 2.45) is 0 Å². The minimum Gasteiger partial charge on any atom is -0.293 e. The number of hydrogen-bond acceptors (Lipinski definition) is 3. The number of aromatic nitrogens is 5. The van der Waals surface area contributed by atoms with Gasteiger partial charge in [0.05, 0.1) is 33.3 Å². The Balaban J connectivity index is 1.52. The van der Waals surface area contributed by atoms with E-state index in [0.29, 0.717) is 0 Å². The maximum absolute atomic E-state index is 5.18. The molecule has 0 N–H and O–H groups in total. The van der Waals surface area contributed by atoms with Crippen molar-refractivity contribution in [1.82, 2.24) is 23.9 Å². The third kappa shape index (κ3) is 2.83. The maximum Gasteiger partial charge on any atom is 0.146 e. The minimum absolute atomic E-state index is 0.875. The molecule has 5 aromatic heterocycles. The van der Waals surface area contributed by atoms with Crippen LogP contribution >= 0.6 is 0 Å². The van der Waals surface area contributed by atoms with Crippen molar-refractivity contribution < 1.29 is 0 Å². The van der Waals surface area contributed by atoms with Crippen LogP contribution in [0.5, 0.6) is 0 Å². The zero-order chi connectivity index (χ0) is 26.2. The first-order valence-corrected chi connectivity index (χ1v) is 13.4. The smallest absolute Gasteiger partial charge is 0.146 e. The van der Waals surface area contributed by atoms with Crippen molar-refractivity contribution in [2.75, 3.05) is 0 Å². The Bertz CT molecular complexity index is 2430. The number of hydrogen-bond donors (Lipinski definition) is 0. The monoisotopic (exact) mass is 511 g/mol. The third-order valence-corrected chi connectivity index (χ3v) is 7.97. The highest BCUT2D eigenvalue weighted by molar-refractivity contribution is 6.27. The van der Waals surface area contributed by atoms with Gasteiger partial charge in [0.1, 0.15) is 11.5 Å². The largest absolute Gasteiger partial charge is 0.293 e. The van der Waals surface area contributed by atoms with Crippen molar-refractivity contribution in [3.63, 3.8) is 0 Å². The summed E-state index contributed by atoms with van der Waals surface area (Å²) in [6, 6.07) is 40.3. The van der Waals surface area contributed by atoms with Crippen LogP contribution in [0.15, 0.2) is 128 Å². The molecule has 186 valence electrons. The molecule has 40 heavy (non-hydrogen) atoms. The molecular formula is C35H21N5. The van der Waals surface area contributed by atoms with Crippen molar-refractivity contribution in [3.05, 3.63) is 128 Å². The van der Waals surface area contributed by atoms with Crippen LogP contribution < -0.4 is 0 Å². The highest BCUT2D eigenvalue weighted by Gasteiger charge is 2.21. The molecule has 5 nitrogen and oxygen atoms in total. The Labute approximate surface area is 228 Å². The third-order valence-electron chi connectivity index (χ3n) is 7.97. The molecular weight excluding hydrogens is 490 g/mol. The molecule has 5 heteroatoms. The highest BCUT2D eigenvalue weighted by Crippen LogP contribution is 2.41. The summed E-state index contributed by atoms with van der Waals surface area (Å²) in [5.41, 5.74) is 8.35. The highest BCUT2D eigenvalue weighted by atomic mass is 15.1. The number of nitrogens with zero attached hydrogens (tertiary/aromatic N) is 5. The SMILES string of the molecule is c1cncc(-c2cccc(-n3c4ccccc4c4ccc5c(c6ccccc6c6nc7ccccc7n56)c43)n2)c1. The molecule has 0 radical (unpaired) electrons. The molecule has 0 aliphatic heterocycles. The normalized spacial score (nSPS) is 12.0. The zero-order valence-corrected chi connectivity index (χ0v) is 21.4. The van der Waals surface area contributed by atoms with E-state index in [1.54, 1.807) is 6.20 Å². The summed E-state index contributed by atoms with van der Waals surface area (Å²) in [4.78, 5) is 14.6. The zero-order valence-electron chi connectivity index (χ0n) is 21.4. The number of fused-ring (bicyclic) bond motifs is 12. The number of rotatable bonds is 2. The van der Waals surface area contributed by atoms with Crippen molar-refractivity contribution in [1.29, 1.82) is 0 Å². The molecule has 0 saturated carbocycles. The van der Waals surface area contributed by atoms with Crippen molar-refractivity contribution >= 4 is 60.2 Å². The van der Waals surface area contributed by atoms with E-state index < -0.39 is 0 Å². The molecule has 9 rings (SSSR count). The molecule has 4 aromatic carbocycles. The van der Waals surface area contributed by atoms with E-state index >= 15 is 0 Å². The molecule has 0 saturated heterocycles. The van der Waals surface area contributed by atoms with Gasteiger partial charge in [0.2, 0.25) is 0 Å². The topological polar surface area (TPSA) is 48.0 Å². The summed E-state index contributed by atoms with van der Waals surface area (Å²) < 4.78 is 4.64. The Morgan fingerprint density at radius 3 is 2.20 bits per heavy atom. The van der Waals surface area contributed by atoms with Gasteiger partial charge in [-0.1, -0.05) is 66.7 Å². The Morgan fingerprint density at radius 2 is 1.32 bits per heavy atom. The Kier molecular flexibility index (Phi) is 4.27. The second-order valence-corrected chi connectivity index (χ2v) is 10.1. The predicted octanol–water partition coefficient (Wildman–Crippen LogP) is 8.35. The van der Waals surface area contributed by atoms with Gasteiger partial charge in [0, 0.05) is 39.5 Å². The lowest BCUT2D eigenvalue weighted by Crippen LogP contribution is -2.00. The van der Waals surface area contributed by atoms with Crippen molar-refractivity contribution in [2.45, 2.75) is 0 Å². The van der Waals surface area contributed by atoms with Crippen LogP contribution in [-0.2, 0) is 0 Å². The van der Waals surface area contributed by atoms with E-state index in [1.807, 2.05) is 18.3 Å². The average molecular weight is 512 g/mol. The molecule has 5 heterocycles. The standard InChI is InChI=1S/C35H21N5/c1-2-12-26-24(11-1)33-31(39-30-16-6-4-13-28(30)38-35(26)39)19-18-25-23-10-3-5-15-29(23)40(34(25)33)32-17-7-14-27(37-32)22-9-8-20-36-21-22/h1-21H. The first-order chi connectivity index (χ1) is 19.9. The molecule has 0 atom stereocenters. The maximum atomic E-state index is 5.18. The van der Waals surface area contributed by atoms with Crippen LogP contribution in [-0.4, -0.2) is 23.9 Å². The van der Waals surface area contributed by atoms with Gasteiger partial charge in [-0.15, -0.1) is 0 Å². The molecule has 0 fully saturated rings. The second kappa shape index (κ2) is 7.98. The van der Waals surface area contributed by atoms with Crippen LogP contribution in [0.1, 0.15) is 0 Å². The van der Waals surface area contributed by atoms with Gasteiger partial charge in [-0.2, -0.15) is 0 Å². The first kappa shape index (κ1) is 21.4. The lowest BCUT2D eigenvalue weighted by Gasteiger charge is -2.14. The number of pyridine rings is 3. The van der Waals surface area contributed by atoms with Gasteiger partial charge >= 0.3 is 0 Å². The van der Waals surface area contributed by atoms with Crippen LogP contribution in [0.3, 0.4) is 0 Å². The summed E-state index contributed by atoms with van der Waals surface area (Å²) in [6.07, 6.45) is 3.65. The Morgan fingerprint density at radius 1 is 0.525 bits per heavy atom. The van der Waals surface area contributed by atoms with Gasteiger partial charge in [0.25, 0.3) is 0 Å². The van der Waals surface area contributed by atoms with E-state index in [2.05, 4.69) is 117 Å². The van der Waals surface area contributed by atoms with Gasteiger partial charge in [-0.3, -0.25) is 14.0 Å². The van der Waals surface area contributed by atoms with Gasteiger partial charge in [0.15, 0.2) is 0 Å². The number of imidazole rings is 1. The fourth-order valence-electron chi connectivity index (χ4n) is 6.31. The van der Waals surface area contributed by atoms with Crippen LogP contribution in [0.2, 0.25) is 0 Å². The molecule has 0 amide bonds. The van der Waals surface area contributed by atoms with Crippen LogP contribution in [0.25, 0.3) is 77.2 Å². The lowest BCUT2D eigenvalue weighted by molar-refractivity contribution is 1.09.